The van der Waals surface area contributed by atoms with Crippen molar-refractivity contribution in [3.05, 3.63) is 33.6 Å². The number of carbonyl (C=O) groups is 1. The number of nitrogens with two attached hydrogens (primary N) is 1. The lowest BCUT2D eigenvalue weighted by Gasteiger charge is -2.08. The number of nitro groups is 1. The van der Waals surface area contributed by atoms with Crippen LogP contribution < -0.4 is 16.6 Å². The van der Waals surface area contributed by atoms with E-state index in [4.69, 9.17) is 5.84 Å². The number of benzene rings is 1. The average molecular weight is 298 g/mol. The summed E-state index contributed by atoms with van der Waals surface area (Å²) in [7, 11) is 0. The Morgan fingerprint density at radius 3 is 2.67 bits per heavy atom. The number of nitrogens with zero attached hydrogens (tertiary/aromatic N) is 1. The molecule has 1 aromatic rings. The van der Waals surface area contributed by atoms with Gasteiger partial charge in [-0.15, -0.1) is 0 Å². The van der Waals surface area contributed by atoms with Gasteiger partial charge in [0.25, 0.3) is 11.6 Å². The zero-order valence-electron chi connectivity index (χ0n) is 11.8. The third kappa shape index (κ3) is 4.67. The SMILES string of the molecule is CCCCCCNC(=O)c1cc(NN)c(F)cc1[N+](=O)[O-]. The molecule has 0 aliphatic rings. The van der Waals surface area contributed by atoms with Crippen LogP contribution in [0.2, 0.25) is 0 Å². The molecule has 0 aliphatic carbocycles. The van der Waals surface area contributed by atoms with Crippen molar-refractivity contribution >= 4 is 17.3 Å². The molecule has 1 amide bonds. The molecular formula is C13H19FN4O3. The van der Waals surface area contributed by atoms with Gasteiger partial charge in [-0.05, 0) is 12.5 Å². The second-order valence-electron chi connectivity index (χ2n) is 4.57. The summed E-state index contributed by atoms with van der Waals surface area (Å²) in [6.45, 7) is 2.49. The van der Waals surface area contributed by atoms with Gasteiger partial charge in [0.2, 0.25) is 0 Å². The lowest BCUT2D eigenvalue weighted by molar-refractivity contribution is -0.385. The first-order valence-electron chi connectivity index (χ1n) is 6.74. The van der Waals surface area contributed by atoms with Gasteiger partial charge in [-0.1, -0.05) is 26.2 Å². The van der Waals surface area contributed by atoms with Gasteiger partial charge in [-0.25, -0.2) is 4.39 Å². The summed E-state index contributed by atoms with van der Waals surface area (Å²) in [5.74, 6) is 3.61. The quantitative estimate of drug-likeness (QED) is 0.295. The van der Waals surface area contributed by atoms with Crippen molar-refractivity contribution in [3.63, 3.8) is 0 Å². The molecule has 0 saturated carbocycles. The number of nitrogens with one attached hydrogen (secondary N) is 2. The largest absolute Gasteiger partial charge is 0.352 e. The Bertz CT molecular complexity index is 522. The highest BCUT2D eigenvalue weighted by Gasteiger charge is 2.23. The Hall–Kier alpha value is -2.22. The first-order chi connectivity index (χ1) is 10.0. The van der Waals surface area contributed by atoms with Gasteiger partial charge < -0.3 is 10.7 Å². The minimum Gasteiger partial charge on any atom is -0.352 e. The number of carbonyl (C=O) groups excluding carboxylic acids is 1. The monoisotopic (exact) mass is 298 g/mol. The van der Waals surface area contributed by atoms with Crippen molar-refractivity contribution < 1.29 is 14.1 Å². The number of anilines is 1. The van der Waals surface area contributed by atoms with Crippen molar-refractivity contribution in [3.8, 4) is 0 Å². The predicted octanol–water partition coefficient (Wildman–Crippen LogP) is 2.33. The molecule has 0 heterocycles. The van der Waals surface area contributed by atoms with E-state index >= 15 is 0 Å². The highest BCUT2D eigenvalue weighted by molar-refractivity contribution is 5.99. The van der Waals surface area contributed by atoms with E-state index < -0.39 is 22.3 Å². The number of hydrogen-bond acceptors (Lipinski definition) is 5. The number of halogens is 1. The molecule has 0 spiro atoms. The Balaban J connectivity index is 2.84. The van der Waals surface area contributed by atoms with Crippen LogP contribution in [0.3, 0.4) is 0 Å². The third-order valence-electron chi connectivity index (χ3n) is 3.00. The van der Waals surface area contributed by atoms with Crippen molar-refractivity contribution in [1.29, 1.82) is 0 Å². The molecule has 0 fully saturated rings. The molecule has 0 unspecified atom stereocenters. The summed E-state index contributed by atoms with van der Waals surface area (Å²) in [5, 5.41) is 13.5. The van der Waals surface area contributed by atoms with Gasteiger partial charge in [0.15, 0.2) is 5.82 Å². The van der Waals surface area contributed by atoms with Crippen LogP contribution in [-0.4, -0.2) is 17.4 Å². The van der Waals surface area contributed by atoms with Gasteiger partial charge in [0.1, 0.15) is 5.56 Å². The molecule has 0 saturated heterocycles. The second-order valence-corrected chi connectivity index (χ2v) is 4.57. The maximum Gasteiger partial charge on any atom is 0.285 e. The molecule has 0 bridgehead atoms. The van der Waals surface area contributed by atoms with Crippen molar-refractivity contribution in [2.75, 3.05) is 12.0 Å². The number of unbranched alkanes of at least 4 members (excludes halogenated alkanes) is 3. The number of rotatable bonds is 8. The molecule has 0 atom stereocenters. The fourth-order valence-electron chi connectivity index (χ4n) is 1.86. The molecule has 21 heavy (non-hydrogen) atoms. The van der Waals surface area contributed by atoms with E-state index in [9.17, 15) is 19.3 Å². The number of amides is 1. The summed E-state index contributed by atoms with van der Waals surface area (Å²) >= 11 is 0. The van der Waals surface area contributed by atoms with E-state index in [0.29, 0.717) is 12.6 Å². The van der Waals surface area contributed by atoms with Gasteiger partial charge in [-0.2, -0.15) is 0 Å². The van der Waals surface area contributed by atoms with Crippen LogP contribution in [0.25, 0.3) is 0 Å². The minimum absolute atomic E-state index is 0.170. The molecule has 0 aliphatic heterocycles. The van der Waals surface area contributed by atoms with E-state index in [1.54, 1.807) is 0 Å². The van der Waals surface area contributed by atoms with Crippen molar-refractivity contribution in [1.82, 2.24) is 5.32 Å². The second kappa shape index (κ2) is 8.15. The van der Waals surface area contributed by atoms with Crippen LogP contribution in [-0.2, 0) is 0 Å². The Kier molecular flexibility index (Phi) is 6.54. The Morgan fingerprint density at radius 2 is 2.10 bits per heavy atom. The lowest BCUT2D eigenvalue weighted by Crippen LogP contribution is -2.25. The van der Waals surface area contributed by atoms with E-state index in [2.05, 4.69) is 17.7 Å². The lowest BCUT2D eigenvalue weighted by atomic mass is 10.1. The van der Waals surface area contributed by atoms with E-state index in [0.717, 1.165) is 31.7 Å². The van der Waals surface area contributed by atoms with Crippen LogP contribution in [0, 0.1) is 15.9 Å². The van der Waals surface area contributed by atoms with Crippen molar-refractivity contribution in [2.24, 2.45) is 5.84 Å². The molecule has 7 nitrogen and oxygen atoms in total. The van der Waals surface area contributed by atoms with Crippen LogP contribution in [0.15, 0.2) is 12.1 Å². The van der Waals surface area contributed by atoms with Crippen LogP contribution in [0.4, 0.5) is 15.8 Å². The summed E-state index contributed by atoms with van der Waals surface area (Å²) in [6.07, 6.45) is 3.89. The fraction of sp³-hybridized carbons (Fsp3) is 0.462. The highest BCUT2D eigenvalue weighted by Crippen LogP contribution is 2.25. The van der Waals surface area contributed by atoms with Gasteiger partial charge >= 0.3 is 0 Å². The van der Waals surface area contributed by atoms with Gasteiger partial charge in [0, 0.05) is 6.54 Å². The van der Waals surface area contributed by atoms with Gasteiger partial charge in [0.05, 0.1) is 16.7 Å². The minimum atomic E-state index is -0.885. The number of nitrogen functional groups attached to an aromatic ring is 1. The summed E-state index contributed by atoms with van der Waals surface area (Å²) < 4.78 is 13.5. The number of hydrogen-bond donors (Lipinski definition) is 3. The highest BCUT2D eigenvalue weighted by atomic mass is 19.1. The predicted molar refractivity (Wildman–Crippen MR) is 77.3 cm³/mol. The molecule has 4 N–H and O–H groups in total. The maximum atomic E-state index is 13.5. The Morgan fingerprint density at radius 1 is 1.38 bits per heavy atom. The normalized spacial score (nSPS) is 10.2. The topological polar surface area (TPSA) is 110 Å². The molecule has 0 aromatic heterocycles. The summed E-state index contributed by atoms with van der Waals surface area (Å²) in [4.78, 5) is 22.1. The van der Waals surface area contributed by atoms with Crippen LogP contribution in [0.1, 0.15) is 43.0 Å². The van der Waals surface area contributed by atoms with Crippen LogP contribution in [0.5, 0.6) is 0 Å². The van der Waals surface area contributed by atoms with Crippen LogP contribution >= 0.6 is 0 Å². The zero-order chi connectivity index (χ0) is 15.8. The van der Waals surface area contributed by atoms with E-state index in [1.165, 1.54) is 0 Å². The maximum absolute atomic E-state index is 13.5. The average Bonchev–Trinajstić information content (AvgIpc) is 2.46. The number of nitro benzene ring substituents is 1. The fourth-order valence-corrected chi connectivity index (χ4v) is 1.86. The molecule has 1 aromatic carbocycles. The van der Waals surface area contributed by atoms with E-state index in [-0.39, 0.29) is 11.3 Å². The first-order valence-corrected chi connectivity index (χ1v) is 6.74. The molecule has 0 radical (unpaired) electrons. The molecular weight excluding hydrogens is 279 g/mol. The van der Waals surface area contributed by atoms with Crippen molar-refractivity contribution in [2.45, 2.75) is 32.6 Å². The molecule has 8 heteroatoms. The molecule has 116 valence electrons. The smallest absolute Gasteiger partial charge is 0.285 e. The number of hydrazine groups is 1. The molecule has 1 rings (SSSR count). The summed E-state index contributed by atoms with van der Waals surface area (Å²) in [6, 6.07) is 1.72. The van der Waals surface area contributed by atoms with E-state index in [1.807, 2.05) is 0 Å². The third-order valence-corrected chi connectivity index (χ3v) is 3.00. The standard InChI is InChI=1S/C13H19FN4O3/c1-2-3-4-5-6-16-13(19)9-7-11(17-15)10(14)8-12(9)18(20)21/h7-8,17H,2-6,15H2,1H3,(H,16,19). The zero-order valence-corrected chi connectivity index (χ0v) is 11.8. The van der Waals surface area contributed by atoms with Gasteiger partial charge in [-0.3, -0.25) is 20.8 Å². The first kappa shape index (κ1) is 16.8. The summed E-state index contributed by atoms with van der Waals surface area (Å²) in [5.41, 5.74) is 1.09. The Labute approximate surface area is 121 Å².